The van der Waals surface area contributed by atoms with Crippen molar-refractivity contribution in [3.8, 4) is 12.1 Å². The standard InChI is InChI=1S/C17H13N2OS.C6BF8/c18-13-15(14-19)11-12-21(20,16-7-3-1-4-8-16)17-9-5-2-6-10-17;8-2-1(7(13,14)15)3(9)5(11)6(12)4(2)10/h1-11H,12H2;/q+1;-1. The van der Waals surface area contributed by atoms with E-state index >= 15 is 0 Å². The number of hydrogen-bond donors (Lipinski definition) is 0. The fraction of sp³-hybridized carbons (Fsp3) is 0.0435. The zero-order valence-corrected chi connectivity index (χ0v) is 18.7. The van der Waals surface area contributed by atoms with Crippen molar-refractivity contribution in [2.24, 2.45) is 0 Å². The molecule has 0 atom stereocenters. The van der Waals surface area contributed by atoms with Crippen LogP contribution in [0.4, 0.5) is 34.9 Å². The van der Waals surface area contributed by atoms with E-state index in [2.05, 4.69) is 0 Å². The Morgan fingerprint density at radius 1 is 0.722 bits per heavy atom. The van der Waals surface area contributed by atoms with E-state index in [-0.39, 0.29) is 11.3 Å². The van der Waals surface area contributed by atoms with E-state index in [0.29, 0.717) is 9.79 Å². The number of benzene rings is 3. The van der Waals surface area contributed by atoms with E-state index < -0.39 is 51.5 Å². The molecule has 0 fully saturated rings. The van der Waals surface area contributed by atoms with E-state index in [4.69, 9.17) is 10.5 Å². The monoisotopic (exact) mass is 528 g/mol. The van der Waals surface area contributed by atoms with Gasteiger partial charge in [0.2, 0.25) is 0 Å². The zero-order valence-electron chi connectivity index (χ0n) is 17.9. The molecule has 36 heavy (non-hydrogen) atoms. The third kappa shape index (κ3) is 6.17. The first-order valence-corrected chi connectivity index (χ1v) is 11.4. The van der Waals surface area contributed by atoms with Crippen LogP contribution in [0.25, 0.3) is 0 Å². The highest BCUT2D eigenvalue weighted by atomic mass is 32.2. The van der Waals surface area contributed by atoms with Crippen LogP contribution in [0.15, 0.2) is 82.1 Å². The number of halogens is 8. The Labute approximate surface area is 201 Å². The summed E-state index contributed by atoms with van der Waals surface area (Å²) in [5.41, 5.74) is -2.75. The summed E-state index contributed by atoms with van der Waals surface area (Å²) in [7, 11) is -2.54. The van der Waals surface area contributed by atoms with Gasteiger partial charge in [-0.05, 0) is 35.8 Å². The minimum atomic E-state index is -6.30. The molecular formula is C23H13BF8N2OS. The average Bonchev–Trinajstić information content (AvgIpc) is 2.87. The van der Waals surface area contributed by atoms with Gasteiger partial charge in [-0.1, -0.05) is 40.6 Å². The molecule has 13 heteroatoms. The zero-order chi connectivity index (χ0) is 27.1. The number of nitriles is 2. The maximum Gasteiger partial charge on any atom is 0.515 e. The fourth-order valence-electron chi connectivity index (χ4n) is 2.84. The maximum atomic E-state index is 13.5. The Bertz CT molecular complexity index is 1310. The van der Waals surface area contributed by atoms with Crippen LogP contribution in [0.2, 0.25) is 0 Å². The lowest BCUT2D eigenvalue weighted by Gasteiger charge is -2.17. The summed E-state index contributed by atoms with van der Waals surface area (Å²) in [5, 5.41) is 17.7. The maximum absolute atomic E-state index is 13.5. The van der Waals surface area contributed by atoms with Crippen molar-refractivity contribution in [3.05, 3.63) is 101 Å². The molecule has 0 aliphatic heterocycles. The Morgan fingerprint density at radius 2 is 1.08 bits per heavy atom. The number of allylic oxidation sites excluding steroid dienone is 1. The number of rotatable bonds is 5. The molecule has 0 bridgehead atoms. The normalized spacial score (nSPS) is 10.9. The van der Waals surface area contributed by atoms with Gasteiger partial charge in [0.15, 0.2) is 37.2 Å². The second kappa shape index (κ2) is 11.6. The van der Waals surface area contributed by atoms with Gasteiger partial charge >= 0.3 is 6.98 Å². The van der Waals surface area contributed by atoms with Gasteiger partial charge in [-0.25, -0.2) is 22.0 Å². The van der Waals surface area contributed by atoms with Gasteiger partial charge in [-0.3, -0.25) is 0 Å². The molecule has 0 heterocycles. The molecule has 3 aromatic carbocycles. The topological polar surface area (TPSA) is 64.7 Å². The van der Waals surface area contributed by atoms with Crippen LogP contribution >= 0.6 is 0 Å². The average molecular weight is 528 g/mol. The van der Waals surface area contributed by atoms with Gasteiger partial charge < -0.3 is 12.9 Å². The molecule has 3 rings (SSSR count). The molecular weight excluding hydrogens is 515 g/mol. The molecule has 0 aromatic heterocycles. The molecule has 0 unspecified atom stereocenters. The van der Waals surface area contributed by atoms with E-state index in [0.717, 1.165) is 0 Å². The van der Waals surface area contributed by atoms with E-state index in [1.807, 2.05) is 60.7 Å². The van der Waals surface area contributed by atoms with E-state index in [9.17, 15) is 39.1 Å². The summed E-state index contributed by atoms with van der Waals surface area (Å²) in [4.78, 5) is 1.39. The van der Waals surface area contributed by atoms with E-state index in [1.165, 1.54) is 6.08 Å². The van der Waals surface area contributed by atoms with Crippen molar-refractivity contribution >= 4 is 22.4 Å². The molecule has 186 valence electrons. The number of nitrogens with zero attached hydrogens (tertiary/aromatic N) is 2. The van der Waals surface area contributed by atoms with Gasteiger partial charge in [0.25, 0.3) is 0 Å². The van der Waals surface area contributed by atoms with Crippen LogP contribution in [0, 0.1) is 51.7 Å². The second-order valence-corrected chi connectivity index (χ2v) is 9.49. The summed E-state index contributed by atoms with van der Waals surface area (Å²) >= 11 is 0. The molecule has 0 saturated carbocycles. The highest BCUT2D eigenvalue weighted by molar-refractivity contribution is 8.03. The Hall–Kier alpha value is -3.97. The molecule has 0 aliphatic rings. The van der Waals surface area contributed by atoms with Crippen LogP contribution < -0.4 is 5.46 Å². The third-order valence-electron chi connectivity index (χ3n) is 4.58. The molecule has 0 amide bonds. The van der Waals surface area contributed by atoms with Gasteiger partial charge in [0.05, 0.1) is 0 Å². The predicted octanol–water partition coefficient (Wildman–Crippen LogP) is 6.01. The van der Waals surface area contributed by atoms with Crippen LogP contribution in [0.3, 0.4) is 0 Å². The SMILES string of the molecule is Fc1c(F)c(F)c([B-](F)(F)F)c(F)c1F.N#CC(C#N)=CC[S+](=O)(c1ccccc1)c1ccccc1. The molecule has 0 aliphatic carbocycles. The first-order chi connectivity index (χ1) is 16.9. The minimum Gasteiger partial charge on any atom is -0.445 e. The summed E-state index contributed by atoms with van der Waals surface area (Å²) in [6, 6.07) is 21.9. The van der Waals surface area contributed by atoms with Crippen molar-refractivity contribution in [2.75, 3.05) is 5.75 Å². The Kier molecular flexibility index (Phi) is 9.14. The molecule has 3 aromatic rings. The van der Waals surface area contributed by atoms with Gasteiger partial charge in [0.1, 0.15) is 35.1 Å². The first kappa shape index (κ1) is 28.3. The van der Waals surface area contributed by atoms with Gasteiger partial charge in [-0.15, -0.1) is 0 Å². The summed E-state index contributed by atoms with van der Waals surface area (Å²) in [6.07, 6.45) is 1.45. The minimum absolute atomic E-state index is 0.0189. The summed E-state index contributed by atoms with van der Waals surface area (Å²) < 4.78 is 111. The highest BCUT2D eigenvalue weighted by Gasteiger charge is 2.38. The van der Waals surface area contributed by atoms with Crippen LogP contribution in [-0.2, 0) is 14.1 Å². The lowest BCUT2D eigenvalue weighted by molar-refractivity contribution is 0.377. The fourth-order valence-corrected chi connectivity index (χ4v) is 5.09. The second-order valence-electron chi connectivity index (χ2n) is 6.87. The molecule has 0 radical (unpaired) electrons. The predicted molar refractivity (Wildman–Crippen MR) is 117 cm³/mol. The highest BCUT2D eigenvalue weighted by Crippen LogP contribution is 2.29. The smallest absolute Gasteiger partial charge is 0.445 e. The summed E-state index contributed by atoms with van der Waals surface area (Å²) in [6.45, 7) is -6.30. The lowest BCUT2D eigenvalue weighted by atomic mass is 9.79. The van der Waals surface area contributed by atoms with Crippen LogP contribution in [0.1, 0.15) is 0 Å². The lowest BCUT2D eigenvalue weighted by Crippen LogP contribution is -2.41. The summed E-state index contributed by atoms with van der Waals surface area (Å²) in [5.74, 6) is -13.4. The van der Waals surface area contributed by atoms with Crippen molar-refractivity contribution in [1.29, 1.82) is 10.5 Å². The van der Waals surface area contributed by atoms with Gasteiger partial charge in [-0.2, -0.15) is 10.5 Å². The Morgan fingerprint density at radius 3 is 1.42 bits per heavy atom. The Balaban J connectivity index is 0.000000269. The van der Waals surface area contributed by atoms with Crippen LogP contribution in [-0.4, -0.2) is 12.7 Å². The molecule has 0 saturated heterocycles. The van der Waals surface area contributed by atoms with Crippen molar-refractivity contribution < 1.29 is 39.1 Å². The first-order valence-electron chi connectivity index (χ1n) is 9.72. The molecule has 3 nitrogen and oxygen atoms in total. The molecule has 0 N–H and O–H groups in total. The largest absolute Gasteiger partial charge is 0.515 e. The van der Waals surface area contributed by atoms with Crippen molar-refractivity contribution in [2.45, 2.75) is 9.79 Å². The number of hydrogen-bond acceptors (Lipinski definition) is 3. The quantitative estimate of drug-likeness (QED) is 0.102. The van der Waals surface area contributed by atoms with Crippen molar-refractivity contribution in [1.82, 2.24) is 0 Å². The third-order valence-corrected chi connectivity index (χ3v) is 7.29. The van der Waals surface area contributed by atoms with Crippen molar-refractivity contribution in [3.63, 3.8) is 0 Å². The van der Waals surface area contributed by atoms with Gasteiger partial charge in [0, 0.05) is 0 Å². The van der Waals surface area contributed by atoms with E-state index in [1.54, 1.807) is 12.1 Å². The molecule has 0 spiro atoms. The van der Waals surface area contributed by atoms with Crippen LogP contribution in [0.5, 0.6) is 0 Å².